The van der Waals surface area contributed by atoms with Gasteiger partial charge in [-0.05, 0) is 49.2 Å². The fourth-order valence-corrected chi connectivity index (χ4v) is 2.19. The zero-order chi connectivity index (χ0) is 14.5. The molecule has 0 aliphatic carbocycles. The highest BCUT2D eigenvalue weighted by Gasteiger charge is 2.06. The molecule has 0 fully saturated rings. The third-order valence-electron chi connectivity index (χ3n) is 3.02. The van der Waals surface area contributed by atoms with E-state index in [1.807, 2.05) is 56.3 Å². The molecule has 0 saturated heterocycles. The molecule has 0 bridgehead atoms. The van der Waals surface area contributed by atoms with Gasteiger partial charge in [-0.2, -0.15) is 0 Å². The summed E-state index contributed by atoms with van der Waals surface area (Å²) in [5, 5.41) is 2.79. The van der Waals surface area contributed by atoms with Crippen LogP contribution in [0.15, 0.2) is 46.9 Å². The molecule has 20 heavy (non-hydrogen) atoms. The minimum Gasteiger partial charge on any atom is -0.483 e. The maximum atomic E-state index is 11.8. The predicted octanol–water partition coefficient (Wildman–Crippen LogP) is 4.08. The van der Waals surface area contributed by atoms with Crippen LogP contribution in [0.25, 0.3) is 0 Å². The zero-order valence-electron chi connectivity index (χ0n) is 11.4. The third-order valence-corrected chi connectivity index (χ3v) is 3.52. The van der Waals surface area contributed by atoms with Crippen LogP contribution < -0.4 is 10.1 Å². The predicted molar refractivity (Wildman–Crippen MR) is 84.2 cm³/mol. The highest BCUT2D eigenvalue weighted by molar-refractivity contribution is 9.10. The van der Waals surface area contributed by atoms with Crippen molar-refractivity contribution >= 4 is 27.5 Å². The maximum absolute atomic E-state index is 11.8. The van der Waals surface area contributed by atoms with Gasteiger partial charge in [0.25, 0.3) is 5.91 Å². The van der Waals surface area contributed by atoms with Crippen LogP contribution in [0.1, 0.15) is 11.1 Å². The van der Waals surface area contributed by atoms with Gasteiger partial charge in [-0.25, -0.2) is 0 Å². The van der Waals surface area contributed by atoms with Gasteiger partial charge in [-0.1, -0.05) is 34.1 Å². The zero-order valence-corrected chi connectivity index (χ0v) is 13.0. The number of carbonyl (C=O) groups excluding carboxylic acids is 1. The van der Waals surface area contributed by atoms with Crippen LogP contribution in [0.4, 0.5) is 5.69 Å². The third kappa shape index (κ3) is 3.84. The molecular weight excluding hydrogens is 318 g/mol. The van der Waals surface area contributed by atoms with E-state index >= 15 is 0 Å². The number of halogens is 1. The highest BCUT2D eigenvalue weighted by atomic mass is 79.9. The summed E-state index contributed by atoms with van der Waals surface area (Å²) in [7, 11) is 0. The molecule has 0 saturated carbocycles. The van der Waals surface area contributed by atoms with Crippen LogP contribution in [-0.2, 0) is 4.79 Å². The molecule has 0 aromatic heterocycles. The van der Waals surface area contributed by atoms with Crippen molar-refractivity contribution in [2.45, 2.75) is 13.8 Å². The molecule has 104 valence electrons. The lowest BCUT2D eigenvalue weighted by molar-refractivity contribution is -0.118. The average Bonchev–Trinajstić information content (AvgIpc) is 2.40. The van der Waals surface area contributed by atoms with Gasteiger partial charge in [0.15, 0.2) is 6.61 Å². The molecule has 0 atom stereocenters. The van der Waals surface area contributed by atoms with Gasteiger partial charge in [-0.3, -0.25) is 4.79 Å². The Kier molecular flexibility index (Phi) is 4.79. The van der Waals surface area contributed by atoms with E-state index < -0.39 is 0 Å². The largest absolute Gasteiger partial charge is 0.483 e. The molecule has 0 unspecified atom stereocenters. The summed E-state index contributed by atoms with van der Waals surface area (Å²) in [5.74, 6) is 0.568. The molecular formula is C16H16BrNO2. The molecule has 0 radical (unpaired) electrons. The van der Waals surface area contributed by atoms with E-state index in [4.69, 9.17) is 4.74 Å². The van der Waals surface area contributed by atoms with E-state index in [0.717, 1.165) is 27.0 Å². The number of anilines is 1. The van der Waals surface area contributed by atoms with E-state index in [0.29, 0.717) is 0 Å². The smallest absolute Gasteiger partial charge is 0.262 e. The van der Waals surface area contributed by atoms with Crippen LogP contribution in [0, 0.1) is 13.8 Å². The standard InChI is InChI=1S/C16H16BrNO2/c1-11-5-3-8-15(12(11)2)20-10-16(19)18-14-7-4-6-13(17)9-14/h3-9H,10H2,1-2H3,(H,18,19). The molecule has 0 aliphatic heterocycles. The Morgan fingerprint density at radius 1 is 1.20 bits per heavy atom. The van der Waals surface area contributed by atoms with Gasteiger partial charge in [-0.15, -0.1) is 0 Å². The Labute approximate surface area is 127 Å². The van der Waals surface area contributed by atoms with Crippen LogP contribution in [0.2, 0.25) is 0 Å². The summed E-state index contributed by atoms with van der Waals surface area (Å²) < 4.78 is 6.48. The monoisotopic (exact) mass is 333 g/mol. The molecule has 1 N–H and O–H groups in total. The highest BCUT2D eigenvalue weighted by Crippen LogP contribution is 2.20. The molecule has 0 spiro atoms. The van der Waals surface area contributed by atoms with E-state index in [1.54, 1.807) is 0 Å². The summed E-state index contributed by atoms with van der Waals surface area (Å²) in [6.07, 6.45) is 0. The van der Waals surface area contributed by atoms with Crippen molar-refractivity contribution in [3.63, 3.8) is 0 Å². The number of amides is 1. The number of aryl methyl sites for hydroxylation is 1. The normalized spacial score (nSPS) is 10.2. The Balaban J connectivity index is 1.94. The molecule has 2 aromatic carbocycles. The number of nitrogens with one attached hydrogen (secondary N) is 1. The molecule has 1 amide bonds. The van der Waals surface area contributed by atoms with E-state index in [1.165, 1.54) is 0 Å². The lowest BCUT2D eigenvalue weighted by Gasteiger charge is -2.11. The Morgan fingerprint density at radius 3 is 2.70 bits per heavy atom. The quantitative estimate of drug-likeness (QED) is 0.915. The minimum atomic E-state index is -0.177. The summed E-state index contributed by atoms with van der Waals surface area (Å²) in [6, 6.07) is 13.3. The first-order valence-corrected chi connectivity index (χ1v) is 7.10. The van der Waals surface area contributed by atoms with Gasteiger partial charge >= 0.3 is 0 Å². The second kappa shape index (κ2) is 6.57. The molecule has 2 rings (SSSR count). The van der Waals surface area contributed by atoms with Gasteiger partial charge in [0.05, 0.1) is 0 Å². The number of rotatable bonds is 4. The first-order chi connectivity index (χ1) is 9.56. The van der Waals surface area contributed by atoms with Crippen LogP contribution >= 0.6 is 15.9 Å². The molecule has 2 aromatic rings. The number of carbonyl (C=O) groups is 1. The van der Waals surface area contributed by atoms with Crippen molar-refractivity contribution in [3.05, 3.63) is 58.1 Å². The van der Waals surface area contributed by atoms with Gasteiger partial charge in [0.2, 0.25) is 0 Å². The van der Waals surface area contributed by atoms with Gasteiger partial charge < -0.3 is 10.1 Å². The van der Waals surface area contributed by atoms with Crippen molar-refractivity contribution in [1.82, 2.24) is 0 Å². The Bertz CT molecular complexity index is 626. The van der Waals surface area contributed by atoms with Gasteiger partial charge in [0.1, 0.15) is 5.75 Å². The molecule has 0 aliphatic rings. The van der Waals surface area contributed by atoms with Crippen LogP contribution in [-0.4, -0.2) is 12.5 Å². The average molecular weight is 334 g/mol. The second-order valence-electron chi connectivity index (χ2n) is 4.55. The number of ether oxygens (including phenoxy) is 1. The summed E-state index contributed by atoms with van der Waals surface area (Å²) in [4.78, 5) is 11.8. The lowest BCUT2D eigenvalue weighted by atomic mass is 10.1. The van der Waals surface area contributed by atoms with Crippen molar-refractivity contribution in [2.24, 2.45) is 0 Å². The van der Waals surface area contributed by atoms with E-state index in [9.17, 15) is 4.79 Å². The minimum absolute atomic E-state index is 0.00317. The maximum Gasteiger partial charge on any atom is 0.262 e. The van der Waals surface area contributed by atoms with E-state index in [2.05, 4.69) is 21.2 Å². The summed E-state index contributed by atoms with van der Waals surface area (Å²) in [6.45, 7) is 4.00. The molecule has 0 heterocycles. The first-order valence-electron chi connectivity index (χ1n) is 6.30. The topological polar surface area (TPSA) is 38.3 Å². The van der Waals surface area contributed by atoms with Crippen molar-refractivity contribution in [1.29, 1.82) is 0 Å². The summed E-state index contributed by atoms with van der Waals surface area (Å²) >= 11 is 3.36. The van der Waals surface area contributed by atoms with Crippen molar-refractivity contribution in [3.8, 4) is 5.75 Å². The Morgan fingerprint density at radius 2 is 1.95 bits per heavy atom. The molecule has 4 heteroatoms. The Hall–Kier alpha value is -1.81. The number of hydrogen-bond acceptors (Lipinski definition) is 2. The van der Waals surface area contributed by atoms with Crippen LogP contribution in [0.5, 0.6) is 5.75 Å². The number of benzene rings is 2. The lowest BCUT2D eigenvalue weighted by Crippen LogP contribution is -2.20. The van der Waals surface area contributed by atoms with E-state index in [-0.39, 0.29) is 12.5 Å². The fourth-order valence-electron chi connectivity index (χ4n) is 1.79. The molecule has 3 nitrogen and oxygen atoms in total. The first kappa shape index (κ1) is 14.6. The second-order valence-corrected chi connectivity index (χ2v) is 5.46. The van der Waals surface area contributed by atoms with Crippen LogP contribution in [0.3, 0.4) is 0 Å². The SMILES string of the molecule is Cc1cccc(OCC(=O)Nc2cccc(Br)c2)c1C. The number of hydrogen-bond donors (Lipinski definition) is 1. The fraction of sp³-hybridized carbons (Fsp3) is 0.188. The van der Waals surface area contributed by atoms with Gasteiger partial charge in [0, 0.05) is 10.2 Å². The van der Waals surface area contributed by atoms with Crippen molar-refractivity contribution < 1.29 is 9.53 Å². The summed E-state index contributed by atoms with van der Waals surface area (Å²) in [5.41, 5.74) is 2.95. The van der Waals surface area contributed by atoms with Crippen molar-refractivity contribution in [2.75, 3.05) is 11.9 Å².